The maximum absolute atomic E-state index is 13.8. The molecule has 0 bridgehead atoms. The summed E-state index contributed by atoms with van der Waals surface area (Å²) >= 11 is 0. The first-order valence-electron chi connectivity index (χ1n) is 15.0. The Bertz CT molecular complexity index is 1470. The van der Waals surface area contributed by atoms with Crippen molar-refractivity contribution in [2.24, 2.45) is 28.1 Å². The van der Waals surface area contributed by atoms with Crippen molar-refractivity contribution >= 4 is 40.6 Å². The Kier molecular flexibility index (Phi) is 12.9. The van der Waals surface area contributed by atoms with Crippen LogP contribution >= 0.6 is 0 Å². The lowest BCUT2D eigenvalue weighted by molar-refractivity contribution is -0.144. The van der Waals surface area contributed by atoms with E-state index >= 15 is 0 Å². The van der Waals surface area contributed by atoms with Gasteiger partial charge in [-0.25, -0.2) is 4.79 Å². The van der Waals surface area contributed by atoms with Gasteiger partial charge < -0.3 is 43.2 Å². The van der Waals surface area contributed by atoms with E-state index in [-0.39, 0.29) is 37.7 Å². The van der Waals surface area contributed by atoms with E-state index in [2.05, 4.69) is 25.9 Å². The number of nitrogens with one attached hydrogen (secondary N) is 4. The molecule has 1 heterocycles. The number of amides is 3. The van der Waals surface area contributed by atoms with Gasteiger partial charge in [-0.1, -0.05) is 68.8 Å². The molecule has 1 aromatic heterocycles. The summed E-state index contributed by atoms with van der Waals surface area (Å²) in [5.41, 5.74) is 19.6. The minimum absolute atomic E-state index is 0.104. The van der Waals surface area contributed by atoms with Crippen LogP contribution in [0, 0.1) is 5.92 Å². The van der Waals surface area contributed by atoms with Gasteiger partial charge in [0.1, 0.15) is 18.1 Å². The molecule has 3 amide bonds. The molecule has 242 valence electrons. The number of H-pyrrole nitrogens is 1. The van der Waals surface area contributed by atoms with E-state index in [4.69, 9.17) is 17.2 Å². The van der Waals surface area contributed by atoms with Crippen molar-refractivity contribution < 1.29 is 24.3 Å². The molecule has 0 aliphatic heterocycles. The lowest BCUT2D eigenvalue weighted by Crippen LogP contribution is -2.58. The van der Waals surface area contributed by atoms with Crippen molar-refractivity contribution in [2.45, 2.75) is 70.1 Å². The summed E-state index contributed by atoms with van der Waals surface area (Å²) in [4.78, 5) is 59.5. The van der Waals surface area contributed by atoms with Crippen LogP contribution in [0.4, 0.5) is 0 Å². The van der Waals surface area contributed by atoms with Crippen LogP contribution < -0.4 is 33.2 Å². The van der Waals surface area contributed by atoms with Crippen molar-refractivity contribution in [2.75, 3.05) is 6.54 Å². The van der Waals surface area contributed by atoms with Crippen molar-refractivity contribution in [1.29, 1.82) is 0 Å². The van der Waals surface area contributed by atoms with E-state index in [1.165, 1.54) is 0 Å². The van der Waals surface area contributed by atoms with Gasteiger partial charge in [-0.2, -0.15) is 0 Å². The number of guanidine groups is 1. The fourth-order valence-electron chi connectivity index (χ4n) is 4.95. The molecular formula is C32H44N8O5. The van der Waals surface area contributed by atoms with Crippen LogP contribution in [0.3, 0.4) is 0 Å². The number of aliphatic carboxylic acids is 1. The fraction of sp³-hybridized carbons (Fsp3) is 0.406. The lowest BCUT2D eigenvalue weighted by Gasteiger charge is -2.26. The number of hydrogen-bond donors (Lipinski definition) is 8. The molecule has 5 atom stereocenters. The predicted molar refractivity (Wildman–Crippen MR) is 173 cm³/mol. The Balaban J connectivity index is 1.85. The van der Waals surface area contributed by atoms with E-state index < -0.39 is 47.9 Å². The number of rotatable bonds is 17. The van der Waals surface area contributed by atoms with Crippen LogP contribution in [0.15, 0.2) is 65.8 Å². The van der Waals surface area contributed by atoms with E-state index in [1.807, 2.05) is 61.5 Å². The zero-order valence-corrected chi connectivity index (χ0v) is 25.7. The van der Waals surface area contributed by atoms with Crippen molar-refractivity contribution in [3.8, 4) is 0 Å². The van der Waals surface area contributed by atoms with Crippen molar-refractivity contribution in [3.63, 3.8) is 0 Å². The maximum Gasteiger partial charge on any atom is 0.326 e. The molecule has 5 unspecified atom stereocenters. The van der Waals surface area contributed by atoms with Crippen LogP contribution in [0.25, 0.3) is 10.9 Å². The number of carbonyl (C=O) groups excluding carboxylic acids is 3. The molecule has 11 N–H and O–H groups in total. The van der Waals surface area contributed by atoms with E-state index in [0.717, 1.165) is 22.0 Å². The average Bonchev–Trinajstić information content (AvgIpc) is 3.43. The summed E-state index contributed by atoms with van der Waals surface area (Å²) in [6, 6.07) is 12.5. The van der Waals surface area contributed by atoms with Crippen molar-refractivity contribution in [3.05, 3.63) is 71.9 Å². The second kappa shape index (κ2) is 16.8. The zero-order valence-electron chi connectivity index (χ0n) is 25.7. The summed E-state index contributed by atoms with van der Waals surface area (Å²) < 4.78 is 0. The number of carboxylic acid groups (broad SMARTS) is 1. The third kappa shape index (κ3) is 10.3. The normalized spacial score (nSPS) is 14.4. The molecule has 0 fully saturated rings. The topological polar surface area (TPSA) is 231 Å². The molecule has 2 aromatic carbocycles. The minimum atomic E-state index is -1.18. The molecular weight excluding hydrogens is 576 g/mol. The van der Waals surface area contributed by atoms with E-state index in [1.54, 1.807) is 13.1 Å². The van der Waals surface area contributed by atoms with Gasteiger partial charge >= 0.3 is 5.97 Å². The van der Waals surface area contributed by atoms with Crippen LogP contribution in [-0.2, 0) is 32.0 Å². The number of benzene rings is 2. The Morgan fingerprint density at radius 2 is 1.53 bits per heavy atom. The maximum atomic E-state index is 13.8. The summed E-state index contributed by atoms with van der Waals surface area (Å²) in [6.45, 7) is 3.73. The number of carboxylic acids is 1. The second-order valence-electron chi connectivity index (χ2n) is 11.1. The highest BCUT2D eigenvalue weighted by Gasteiger charge is 2.32. The SMILES string of the molecule is CCC(C)C(NC(=O)C(CCCN=C(N)N)NC(=O)C(Cc1c[nH]c2ccccc12)NC(=O)C(N)Cc1ccccc1)C(=O)O. The lowest BCUT2D eigenvalue weighted by atomic mass is 9.98. The largest absolute Gasteiger partial charge is 0.480 e. The number of aromatic nitrogens is 1. The molecule has 0 saturated carbocycles. The molecule has 13 nitrogen and oxygen atoms in total. The minimum Gasteiger partial charge on any atom is -0.480 e. The summed E-state index contributed by atoms with van der Waals surface area (Å²) in [5, 5.41) is 18.7. The molecule has 0 spiro atoms. The smallest absolute Gasteiger partial charge is 0.326 e. The molecule has 0 radical (unpaired) electrons. The highest BCUT2D eigenvalue weighted by atomic mass is 16.4. The first kappa shape index (κ1) is 34.6. The Labute approximate surface area is 262 Å². The van der Waals surface area contributed by atoms with Crippen LogP contribution in [0.2, 0.25) is 0 Å². The zero-order chi connectivity index (χ0) is 32.9. The van der Waals surface area contributed by atoms with Gasteiger partial charge in [0, 0.05) is 30.1 Å². The number of para-hydroxylation sites is 1. The van der Waals surface area contributed by atoms with Gasteiger partial charge in [0.05, 0.1) is 6.04 Å². The molecule has 45 heavy (non-hydrogen) atoms. The Morgan fingerprint density at radius 1 is 0.889 bits per heavy atom. The number of nitrogens with two attached hydrogens (primary N) is 3. The number of fused-ring (bicyclic) bond motifs is 1. The van der Waals surface area contributed by atoms with E-state index in [9.17, 15) is 24.3 Å². The average molecular weight is 621 g/mol. The molecule has 0 aliphatic carbocycles. The van der Waals surface area contributed by atoms with Gasteiger partial charge in [0.15, 0.2) is 5.96 Å². The Hall–Kier alpha value is -4.91. The molecule has 3 aromatic rings. The summed E-state index contributed by atoms with van der Waals surface area (Å²) in [6.07, 6.45) is 3.08. The molecule has 0 aliphatic rings. The van der Waals surface area contributed by atoms with Crippen molar-refractivity contribution in [1.82, 2.24) is 20.9 Å². The van der Waals surface area contributed by atoms with Gasteiger partial charge in [-0.05, 0) is 42.4 Å². The van der Waals surface area contributed by atoms with Gasteiger partial charge in [0.25, 0.3) is 0 Å². The first-order valence-corrected chi connectivity index (χ1v) is 15.0. The first-order chi connectivity index (χ1) is 21.5. The second-order valence-corrected chi connectivity index (χ2v) is 11.1. The molecule has 0 saturated heterocycles. The number of hydrogen-bond acceptors (Lipinski definition) is 6. The summed E-state index contributed by atoms with van der Waals surface area (Å²) in [7, 11) is 0. The highest BCUT2D eigenvalue weighted by Crippen LogP contribution is 2.19. The van der Waals surface area contributed by atoms with Crippen LogP contribution in [0.5, 0.6) is 0 Å². The third-order valence-electron chi connectivity index (χ3n) is 7.72. The quantitative estimate of drug-likeness (QED) is 0.0613. The monoisotopic (exact) mass is 620 g/mol. The number of nitrogens with zero attached hydrogens (tertiary/aromatic N) is 1. The van der Waals surface area contributed by atoms with Gasteiger partial charge in [0.2, 0.25) is 17.7 Å². The van der Waals surface area contributed by atoms with Gasteiger partial charge in [-0.15, -0.1) is 0 Å². The highest BCUT2D eigenvalue weighted by molar-refractivity contribution is 5.95. The third-order valence-corrected chi connectivity index (χ3v) is 7.72. The fourth-order valence-corrected chi connectivity index (χ4v) is 4.95. The molecule has 3 rings (SSSR count). The van der Waals surface area contributed by atoms with Gasteiger partial charge in [-0.3, -0.25) is 19.4 Å². The Morgan fingerprint density at radius 3 is 2.20 bits per heavy atom. The van der Waals surface area contributed by atoms with E-state index in [0.29, 0.717) is 12.8 Å². The summed E-state index contributed by atoms with van der Waals surface area (Å²) in [5.74, 6) is -3.48. The van der Waals surface area contributed by atoms with Crippen LogP contribution in [0.1, 0.15) is 44.2 Å². The van der Waals surface area contributed by atoms with Crippen LogP contribution in [-0.4, -0.2) is 70.5 Å². The predicted octanol–water partition coefficient (Wildman–Crippen LogP) is 0.919. The standard InChI is InChI=1S/C32H44N8O5/c1-3-19(2)27(31(44)45)40-29(42)25(14-9-15-36-32(34)35)38-30(43)26(17-21-18-37-24-13-8-7-12-22(21)24)39-28(41)23(33)16-20-10-5-4-6-11-20/h4-8,10-13,18-19,23,25-27,37H,3,9,14-17,33H2,1-2H3,(H,38,43)(H,39,41)(H,40,42)(H,44,45)(H4,34,35,36). The number of aliphatic imine (C=N–C) groups is 1. The number of carbonyl (C=O) groups is 4. The number of aromatic amines is 1. The molecule has 13 heteroatoms.